The van der Waals surface area contributed by atoms with E-state index in [0.717, 1.165) is 29.7 Å². The molecule has 0 aliphatic heterocycles. The average molecular weight is 295 g/mol. The van der Waals surface area contributed by atoms with Gasteiger partial charge in [-0.2, -0.15) is 5.10 Å². The quantitative estimate of drug-likeness (QED) is 0.671. The fraction of sp³-hybridized carbons (Fsp3) is 0.294. The van der Waals surface area contributed by atoms with E-state index in [1.54, 1.807) is 11.8 Å². The van der Waals surface area contributed by atoms with Gasteiger partial charge in [0.25, 0.3) is 0 Å². The summed E-state index contributed by atoms with van der Waals surface area (Å²) in [6.07, 6.45) is 7.71. The van der Waals surface area contributed by atoms with Crippen LogP contribution >= 0.6 is 11.8 Å². The Hall–Kier alpha value is -1.81. The van der Waals surface area contributed by atoms with Crippen LogP contribution in [0.1, 0.15) is 23.4 Å². The number of aryl methyl sites for hydroxylation is 3. The molecule has 3 aromatic rings. The van der Waals surface area contributed by atoms with Crippen molar-refractivity contribution in [1.82, 2.24) is 14.6 Å². The summed E-state index contributed by atoms with van der Waals surface area (Å²) in [5, 5.41) is 4.66. The van der Waals surface area contributed by atoms with Crippen molar-refractivity contribution in [1.29, 1.82) is 0 Å². The molecule has 106 valence electrons. The molecule has 0 bridgehead atoms. The van der Waals surface area contributed by atoms with Crippen LogP contribution in [-0.4, -0.2) is 20.9 Å². The standard InChI is InChI=1S/C17H17N3S/c1-11-16(12-6-8-14(21-2)9-7-12)17-18-15-5-3-4-13(15)10-20(17)19-11/h6-10H,3-5H2,1-2H3. The number of benzene rings is 1. The molecule has 4 heteroatoms. The van der Waals surface area contributed by atoms with Gasteiger partial charge in [0.2, 0.25) is 0 Å². The summed E-state index contributed by atoms with van der Waals surface area (Å²) in [4.78, 5) is 6.17. The van der Waals surface area contributed by atoms with Crippen molar-refractivity contribution in [2.75, 3.05) is 6.26 Å². The van der Waals surface area contributed by atoms with Crippen molar-refractivity contribution in [3.8, 4) is 11.1 Å². The van der Waals surface area contributed by atoms with Crippen molar-refractivity contribution >= 4 is 17.4 Å². The Morgan fingerprint density at radius 3 is 2.71 bits per heavy atom. The van der Waals surface area contributed by atoms with E-state index in [1.807, 2.05) is 4.52 Å². The second-order valence-electron chi connectivity index (χ2n) is 5.52. The Morgan fingerprint density at radius 1 is 1.14 bits per heavy atom. The lowest BCUT2D eigenvalue weighted by Gasteiger charge is -2.04. The topological polar surface area (TPSA) is 30.2 Å². The van der Waals surface area contributed by atoms with E-state index < -0.39 is 0 Å². The summed E-state index contributed by atoms with van der Waals surface area (Å²) in [6, 6.07) is 8.67. The highest BCUT2D eigenvalue weighted by atomic mass is 32.2. The summed E-state index contributed by atoms with van der Waals surface area (Å²) < 4.78 is 1.96. The number of nitrogens with zero attached hydrogens (tertiary/aromatic N) is 3. The predicted molar refractivity (Wildman–Crippen MR) is 87.0 cm³/mol. The summed E-state index contributed by atoms with van der Waals surface area (Å²) in [5.41, 5.74) is 7.01. The van der Waals surface area contributed by atoms with Gasteiger partial charge in [-0.25, -0.2) is 9.50 Å². The van der Waals surface area contributed by atoms with Gasteiger partial charge in [-0.15, -0.1) is 11.8 Å². The van der Waals surface area contributed by atoms with Crippen LogP contribution in [0.3, 0.4) is 0 Å². The fourth-order valence-electron chi connectivity index (χ4n) is 3.12. The smallest absolute Gasteiger partial charge is 0.163 e. The van der Waals surface area contributed by atoms with Crippen LogP contribution in [0.15, 0.2) is 35.4 Å². The Kier molecular flexibility index (Phi) is 3.00. The third kappa shape index (κ3) is 2.05. The lowest BCUT2D eigenvalue weighted by molar-refractivity contribution is 0.895. The van der Waals surface area contributed by atoms with E-state index in [0.29, 0.717) is 0 Å². The summed E-state index contributed by atoms with van der Waals surface area (Å²) in [5.74, 6) is 0. The molecule has 0 saturated carbocycles. The monoisotopic (exact) mass is 295 g/mol. The molecular weight excluding hydrogens is 278 g/mol. The fourth-order valence-corrected chi connectivity index (χ4v) is 3.53. The Morgan fingerprint density at radius 2 is 1.95 bits per heavy atom. The maximum atomic E-state index is 4.89. The molecule has 2 heterocycles. The first-order valence-corrected chi connectivity index (χ1v) is 8.51. The third-order valence-electron chi connectivity index (χ3n) is 4.19. The first-order chi connectivity index (χ1) is 10.3. The van der Waals surface area contributed by atoms with Crippen LogP contribution in [0.2, 0.25) is 0 Å². The molecule has 0 fully saturated rings. The van der Waals surface area contributed by atoms with Gasteiger partial charge in [0.15, 0.2) is 5.65 Å². The van der Waals surface area contributed by atoms with Gasteiger partial charge in [0.05, 0.1) is 5.69 Å². The SMILES string of the molecule is CSc1ccc(-c2c(C)nn3cc4c(nc23)CCC4)cc1. The molecule has 21 heavy (non-hydrogen) atoms. The molecule has 0 radical (unpaired) electrons. The lowest BCUT2D eigenvalue weighted by Crippen LogP contribution is -1.96. The molecule has 0 N–H and O–H groups in total. The van der Waals surface area contributed by atoms with Gasteiger partial charge < -0.3 is 0 Å². The second-order valence-corrected chi connectivity index (χ2v) is 6.40. The largest absolute Gasteiger partial charge is 0.233 e. The van der Waals surface area contributed by atoms with Crippen molar-refractivity contribution in [3.63, 3.8) is 0 Å². The van der Waals surface area contributed by atoms with E-state index in [-0.39, 0.29) is 0 Å². The molecule has 1 aliphatic carbocycles. The van der Waals surface area contributed by atoms with Gasteiger partial charge in [-0.1, -0.05) is 12.1 Å². The van der Waals surface area contributed by atoms with Gasteiger partial charge in [0, 0.05) is 22.3 Å². The van der Waals surface area contributed by atoms with E-state index >= 15 is 0 Å². The highest BCUT2D eigenvalue weighted by molar-refractivity contribution is 7.98. The lowest BCUT2D eigenvalue weighted by atomic mass is 10.1. The summed E-state index contributed by atoms with van der Waals surface area (Å²) >= 11 is 1.76. The number of rotatable bonds is 2. The predicted octanol–water partition coefficient (Wildman–Crippen LogP) is 3.92. The van der Waals surface area contributed by atoms with Crippen LogP contribution in [0.5, 0.6) is 0 Å². The van der Waals surface area contributed by atoms with Gasteiger partial charge in [-0.05, 0) is 55.7 Å². The van der Waals surface area contributed by atoms with Crippen LogP contribution in [0, 0.1) is 6.92 Å². The van der Waals surface area contributed by atoms with Gasteiger partial charge >= 0.3 is 0 Å². The van der Waals surface area contributed by atoms with Crippen molar-refractivity contribution < 1.29 is 0 Å². The van der Waals surface area contributed by atoms with Crippen molar-refractivity contribution in [3.05, 3.63) is 47.4 Å². The normalized spacial score (nSPS) is 13.8. The van der Waals surface area contributed by atoms with Crippen LogP contribution in [0.25, 0.3) is 16.8 Å². The molecule has 4 rings (SSSR count). The zero-order valence-corrected chi connectivity index (χ0v) is 13.1. The van der Waals surface area contributed by atoms with Gasteiger partial charge in [-0.3, -0.25) is 0 Å². The minimum Gasteiger partial charge on any atom is -0.233 e. The molecule has 0 saturated heterocycles. The molecular formula is C17H17N3S. The van der Waals surface area contributed by atoms with Crippen molar-refractivity contribution in [2.24, 2.45) is 0 Å². The molecule has 0 amide bonds. The highest BCUT2D eigenvalue weighted by Crippen LogP contribution is 2.30. The summed E-state index contributed by atoms with van der Waals surface area (Å²) in [6.45, 7) is 2.07. The van der Waals surface area contributed by atoms with Crippen LogP contribution < -0.4 is 0 Å². The Bertz CT molecular complexity index is 818. The maximum absolute atomic E-state index is 4.89. The first-order valence-electron chi connectivity index (χ1n) is 7.28. The maximum Gasteiger partial charge on any atom is 0.163 e. The number of fused-ring (bicyclic) bond motifs is 2. The van der Waals surface area contributed by atoms with E-state index in [2.05, 4.69) is 48.7 Å². The van der Waals surface area contributed by atoms with Crippen LogP contribution in [-0.2, 0) is 12.8 Å². The number of hydrogen-bond donors (Lipinski definition) is 0. The number of thioether (sulfide) groups is 1. The average Bonchev–Trinajstić information content (AvgIpc) is 3.07. The van der Waals surface area contributed by atoms with Crippen LogP contribution in [0.4, 0.5) is 0 Å². The van der Waals surface area contributed by atoms with Gasteiger partial charge in [0.1, 0.15) is 0 Å². The third-order valence-corrected chi connectivity index (χ3v) is 4.93. The molecule has 1 aromatic carbocycles. The Labute approximate surface area is 128 Å². The molecule has 0 unspecified atom stereocenters. The van der Waals surface area contributed by atoms with E-state index in [4.69, 9.17) is 4.98 Å². The second kappa shape index (κ2) is 4.88. The highest BCUT2D eigenvalue weighted by Gasteiger charge is 2.18. The van der Waals surface area contributed by atoms with Crippen molar-refractivity contribution in [2.45, 2.75) is 31.1 Å². The van der Waals surface area contributed by atoms with E-state index in [9.17, 15) is 0 Å². The summed E-state index contributed by atoms with van der Waals surface area (Å²) in [7, 11) is 0. The number of hydrogen-bond acceptors (Lipinski definition) is 3. The number of aromatic nitrogens is 3. The minimum absolute atomic E-state index is 0.991. The first kappa shape index (κ1) is 12.9. The molecule has 0 spiro atoms. The Balaban J connectivity index is 1.92. The van der Waals surface area contributed by atoms with E-state index in [1.165, 1.54) is 28.1 Å². The minimum atomic E-state index is 0.991. The molecule has 3 nitrogen and oxygen atoms in total. The molecule has 2 aromatic heterocycles. The molecule has 1 aliphatic rings. The zero-order valence-electron chi connectivity index (χ0n) is 12.3. The zero-order chi connectivity index (χ0) is 14.4. The molecule has 0 atom stereocenters.